The molecule has 0 aromatic rings. The fraction of sp³-hybridized carbons (Fsp3) is 0.750. The summed E-state index contributed by atoms with van der Waals surface area (Å²) in [6.07, 6.45) is 10.7. The van der Waals surface area contributed by atoms with Gasteiger partial charge in [0.15, 0.2) is 0 Å². The maximum atomic E-state index is 12.6. The van der Waals surface area contributed by atoms with E-state index in [4.69, 9.17) is 0 Å². The van der Waals surface area contributed by atoms with Crippen molar-refractivity contribution >= 4 is 17.7 Å². The molecule has 0 radical (unpaired) electrons. The molecule has 5 nitrogen and oxygen atoms in total. The van der Waals surface area contributed by atoms with E-state index in [0.29, 0.717) is 25.4 Å². The molecule has 5 rings (SSSR count). The number of nitrogens with one attached hydrogen (secondary N) is 1. The van der Waals surface area contributed by atoms with E-state index < -0.39 is 0 Å². The summed E-state index contributed by atoms with van der Waals surface area (Å²) in [5.74, 6) is 2.12. The van der Waals surface area contributed by atoms with Crippen molar-refractivity contribution in [3.8, 4) is 0 Å². The van der Waals surface area contributed by atoms with Crippen molar-refractivity contribution in [3.05, 3.63) is 12.2 Å². The Balaban J connectivity index is 1.11. The highest BCUT2D eigenvalue weighted by Crippen LogP contribution is 2.52. The van der Waals surface area contributed by atoms with Gasteiger partial charge in [0.05, 0.1) is 11.8 Å². The summed E-state index contributed by atoms with van der Waals surface area (Å²) in [5, 5.41) is 3.04. The van der Waals surface area contributed by atoms with Crippen LogP contribution in [0.4, 0.5) is 0 Å². The van der Waals surface area contributed by atoms with Crippen LogP contribution in [0.2, 0.25) is 0 Å². The molecule has 0 aromatic carbocycles. The number of nitrogens with zero attached hydrogens (tertiary/aromatic N) is 1. The molecule has 4 bridgehead atoms. The van der Waals surface area contributed by atoms with Crippen molar-refractivity contribution in [3.63, 3.8) is 0 Å². The molecule has 134 valence electrons. The Morgan fingerprint density at radius 1 is 1.04 bits per heavy atom. The van der Waals surface area contributed by atoms with E-state index in [-0.39, 0.29) is 47.3 Å². The van der Waals surface area contributed by atoms with Gasteiger partial charge in [-0.05, 0) is 55.8 Å². The van der Waals surface area contributed by atoms with Gasteiger partial charge in [0, 0.05) is 19.0 Å². The van der Waals surface area contributed by atoms with Crippen molar-refractivity contribution in [2.75, 3.05) is 13.1 Å². The molecule has 5 heteroatoms. The number of likely N-dealkylation sites (tertiary alicyclic amines) is 1. The minimum atomic E-state index is -0.105. The topological polar surface area (TPSA) is 66.5 Å². The van der Waals surface area contributed by atoms with Gasteiger partial charge >= 0.3 is 0 Å². The highest BCUT2D eigenvalue weighted by atomic mass is 16.2. The van der Waals surface area contributed by atoms with Crippen LogP contribution in [0.5, 0.6) is 0 Å². The molecule has 3 amide bonds. The van der Waals surface area contributed by atoms with Crippen molar-refractivity contribution in [2.45, 2.75) is 38.5 Å². The monoisotopic (exact) mass is 342 g/mol. The number of carbonyl (C=O) groups is 3. The summed E-state index contributed by atoms with van der Waals surface area (Å²) >= 11 is 0. The molecule has 1 N–H and O–H groups in total. The summed E-state index contributed by atoms with van der Waals surface area (Å²) < 4.78 is 0. The van der Waals surface area contributed by atoms with E-state index in [0.717, 1.165) is 18.8 Å². The molecule has 3 saturated carbocycles. The minimum Gasteiger partial charge on any atom is -0.356 e. The molecule has 0 aromatic heterocycles. The number of hydrogen-bond donors (Lipinski definition) is 1. The lowest BCUT2D eigenvalue weighted by atomic mass is 9.85. The van der Waals surface area contributed by atoms with Crippen LogP contribution in [-0.4, -0.2) is 35.7 Å². The first-order valence-corrected chi connectivity index (χ1v) is 9.94. The van der Waals surface area contributed by atoms with Gasteiger partial charge in [0.25, 0.3) is 0 Å². The van der Waals surface area contributed by atoms with Gasteiger partial charge in [-0.2, -0.15) is 0 Å². The van der Waals surface area contributed by atoms with Crippen LogP contribution >= 0.6 is 0 Å². The predicted molar refractivity (Wildman–Crippen MR) is 91.0 cm³/mol. The Kier molecular flexibility index (Phi) is 3.54. The standard InChI is InChI=1S/C20H26N2O3/c23-18(15-9-11-2-3-12(15)8-11)21-6-1-7-22-19(24)16-13-4-5-14(10-13)17(16)20(22)25/h4-5,11-17H,1-3,6-10H2,(H,21,23). The third kappa shape index (κ3) is 2.31. The maximum Gasteiger partial charge on any atom is 0.233 e. The number of carbonyl (C=O) groups excluding carboxylic acids is 3. The first kappa shape index (κ1) is 15.6. The summed E-state index contributed by atoms with van der Waals surface area (Å²) in [6.45, 7) is 1.01. The van der Waals surface area contributed by atoms with E-state index >= 15 is 0 Å². The van der Waals surface area contributed by atoms with Crippen molar-refractivity contribution in [1.29, 1.82) is 0 Å². The Morgan fingerprint density at radius 3 is 2.36 bits per heavy atom. The van der Waals surface area contributed by atoms with E-state index in [1.165, 1.54) is 24.2 Å². The van der Waals surface area contributed by atoms with Crippen LogP contribution in [-0.2, 0) is 14.4 Å². The molecule has 0 spiro atoms. The van der Waals surface area contributed by atoms with Crippen LogP contribution in [0.1, 0.15) is 38.5 Å². The molecule has 1 aliphatic heterocycles. The molecule has 5 aliphatic rings. The lowest BCUT2D eigenvalue weighted by Crippen LogP contribution is -2.38. The second-order valence-electron chi connectivity index (χ2n) is 8.75. The number of amides is 3. The van der Waals surface area contributed by atoms with Crippen molar-refractivity contribution in [2.24, 2.45) is 41.4 Å². The lowest BCUT2D eigenvalue weighted by molar-refractivity contribution is -0.140. The summed E-state index contributed by atoms with van der Waals surface area (Å²) in [7, 11) is 0. The quantitative estimate of drug-likeness (QED) is 0.470. The van der Waals surface area contributed by atoms with Gasteiger partial charge in [-0.1, -0.05) is 18.6 Å². The fourth-order valence-electron chi connectivity index (χ4n) is 6.33. The highest BCUT2D eigenvalue weighted by molar-refractivity contribution is 6.06. The lowest BCUT2D eigenvalue weighted by Gasteiger charge is -2.21. The highest BCUT2D eigenvalue weighted by Gasteiger charge is 2.58. The Labute approximate surface area is 148 Å². The molecule has 25 heavy (non-hydrogen) atoms. The third-order valence-electron chi connectivity index (χ3n) is 7.49. The summed E-state index contributed by atoms with van der Waals surface area (Å²) in [5.41, 5.74) is 0. The van der Waals surface area contributed by atoms with Gasteiger partial charge in [0.1, 0.15) is 0 Å². The molecule has 1 saturated heterocycles. The molecule has 4 aliphatic carbocycles. The molecule has 1 heterocycles. The van der Waals surface area contributed by atoms with Crippen LogP contribution in [0.3, 0.4) is 0 Å². The maximum absolute atomic E-state index is 12.6. The Bertz CT molecular complexity index is 627. The molecule has 4 fully saturated rings. The molecule has 7 unspecified atom stereocenters. The van der Waals surface area contributed by atoms with Crippen LogP contribution in [0, 0.1) is 41.4 Å². The molecular formula is C20H26N2O3. The van der Waals surface area contributed by atoms with Crippen molar-refractivity contribution < 1.29 is 14.4 Å². The summed E-state index contributed by atoms with van der Waals surface area (Å²) in [6, 6.07) is 0. The molecule has 7 atom stereocenters. The number of imide groups is 1. The van der Waals surface area contributed by atoms with E-state index in [1.807, 2.05) is 0 Å². The van der Waals surface area contributed by atoms with Crippen LogP contribution in [0.15, 0.2) is 12.2 Å². The van der Waals surface area contributed by atoms with Gasteiger partial charge in [-0.3, -0.25) is 19.3 Å². The Morgan fingerprint density at radius 2 is 1.76 bits per heavy atom. The number of hydrogen-bond acceptors (Lipinski definition) is 3. The zero-order valence-electron chi connectivity index (χ0n) is 14.5. The minimum absolute atomic E-state index is 0.0197. The second-order valence-corrected chi connectivity index (χ2v) is 8.75. The van der Waals surface area contributed by atoms with Crippen molar-refractivity contribution in [1.82, 2.24) is 10.2 Å². The number of allylic oxidation sites excluding steroid dienone is 2. The molecular weight excluding hydrogens is 316 g/mol. The normalized spacial score (nSPS) is 43.4. The van der Waals surface area contributed by atoms with E-state index in [2.05, 4.69) is 17.5 Å². The zero-order valence-corrected chi connectivity index (χ0v) is 14.5. The number of fused-ring (bicyclic) bond motifs is 7. The average molecular weight is 342 g/mol. The SMILES string of the molecule is O=C(NCCCN1C(=O)C2C3C=CC(C3)C2C1=O)C1CC2CCC1C2. The van der Waals surface area contributed by atoms with Crippen LogP contribution < -0.4 is 5.32 Å². The summed E-state index contributed by atoms with van der Waals surface area (Å²) in [4.78, 5) is 39.0. The predicted octanol–water partition coefficient (Wildman–Crippen LogP) is 1.74. The largest absolute Gasteiger partial charge is 0.356 e. The first-order valence-electron chi connectivity index (χ1n) is 9.94. The van der Waals surface area contributed by atoms with E-state index in [9.17, 15) is 14.4 Å². The van der Waals surface area contributed by atoms with Crippen LogP contribution in [0.25, 0.3) is 0 Å². The smallest absolute Gasteiger partial charge is 0.233 e. The van der Waals surface area contributed by atoms with Gasteiger partial charge < -0.3 is 5.32 Å². The Hall–Kier alpha value is -1.65. The third-order valence-corrected chi connectivity index (χ3v) is 7.49. The fourth-order valence-corrected chi connectivity index (χ4v) is 6.33. The first-order chi connectivity index (χ1) is 12.1. The zero-order chi connectivity index (χ0) is 17.1. The number of rotatable bonds is 5. The van der Waals surface area contributed by atoms with Gasteiger partial charge in [-0.25, -0.2) is 0 Å². The van der Waals surface area contributed by atoms with Gasteiger partial charge in [0.2, 0.25) is 17.7 Å². The second kappa shape index (κ2) is 5.68. The van der Waals surface area contributed by atoms with E-state index in [1.54, 1.807) is 0 Å². The van der Waals surface area contributed by atoms with Gasteiger partial charge in [-0.15, -0.1) is 0 Å². The average Bonchev–Trinajstić information content (AvgIpc) is 3.40.